The molecule has 2 N–H and O–H groups in total. The molecule has 2 aromatic rings. The molecule has 3 rings (SSSR count). The number of hydrogen-bond donors (Lipinski definition) is 2. The van der Waals surface area contributed by atoms with E-state index in [4.69, 9.17) is 0 Å². The van der Waals surface area contributed by atoms with Crippen LogP contribution in [0.2, 0.25) is 0 Å². The zero-order chi connectivity index (χ0) is 24.6. The monoisotopic (exact) mass is 472 g/mol. The molecule has 2 amide bonds. The number of piperidine rings is 1. The highest BCUT2D eigenvalue weighted by molar-refractivity contribution is 7.89. The number of sulfone groups is 1. The van der Waals surface area contributed by atoms with Crippen molar-refractivity contribution in [2.24, 2.45) is 0 Å². The van der Waals surface area contributed by atoms with Gasteiger partial charge < -0.3 is 15.3 Å². The van der Waals surface area contributed by atoms with E-state index in [0.29, 0.717) is 22.5 Å². The van der Waals surface area contributed by atoms with Gasteiger partial charge in [0.25, 0.3) is 5.91 Å². The van der Waals surface area contributed by atoms with E-state index in [1.165, 1.54) is 11.0 Å². The highest BCUT2D eigenvalue weighted by Crippen LogP contribution is 2.38. The summed E-state index contributed by atoms with van der Waals surface area (Å²) in [6.07, 6.45) is 1.19. The van der Waals surface area contributed by atoms with Crippen molar-refractivity contribution in [3.63, 3.8) is 0 Å². The Balaban J connectivity index is 1.94. The number of aromatic hydroxyl groups is 1. The van der Waals surface area contributed by atoms with E-state index in [9.17, 15) is 27.9 Å². The molecular formula is C24H28N2O6S. The fourth-order valence-corrected chi connectivity index (χ4v) is 4.49. The summed E-state index contributed by atoms with van der Waals surface area (Å²) in [5, 5.41) is 13.6. The number of Topliss-reactive ketones (excluding diaryl/α,β-unsaturated/α-hetero) is 1. The molecular weight excluding hydrogens is 444 g/mol. The van der Waals surface area contributed by atoms with Gasteiger partial charge in [-0.3, -0.25) is 14.4 Å². The molecule has 0 radical (unpaired) electrons. The number of ketones is 1. The lowest BCUT2D eigenvalue weighted by Gasteiger charge is -2.29. The molecule has 0 bridgehead atoms. The number of phenolic OH excluding ortho intramolecular Hbond substituents is 1. The highest BCUT2D eigenvalue weighted by atomic mass is 32.2. The average molecular weight is 473 g/mol. The number of rotatable bonds is 5. The first-order valence-corrected chi connectivity index (χ1v) is 12.6. The van der Waals surface area contributed by atoms with Crippen molar-refractivity contribution in [3.8, 4) is 5.75 Å². The van der Waals surface area contributed by atoms with E-state index in [-0.39, 0.29) is 48.1 Å². The average Bonchev–Trinajstić information content (AvgIpc) is 2.68. The number of phenols is 1. The van der Waals surface area contributed by atoms with E-state index in [1.54, 1.807) is 30.3 Å². The first-order chi connectivity index (χ1) is 15.2. The topological polar surface area (TPSA) is 121 Å². The van der Waals surface area contributed by atoms with Gasteiger partial charge in [-0.25, -0.2) is 8.42 Å². The zero-order valence-electron chi connectivity index (χ0n) is 19.1. The molecule has 0 unspecified atom stereocenters. The van der Waals surface area contributed by atoms with Crippen LogP contribution in [0.15, 0.2) is 36.4 Å². The first kappa shape index (κ1) is 24.4. The Hall–Kier alpha value is -3.20. The number of hydrogen-bond acceptors (Lipinski definition) is 6. The van der Waals surface area contributed by atoms with E-state index in [1.807, 2.05) is 20.8 Å². The normalized spacial score (nSPS) is 15.0. The molecule has 0 atom stereocenters. The molecule has 0 aromatic heterocycles. The lowest BCUT2D eigenvalue weighted by atomic mass is 9.84. The van der Waals surface area contributed by atoms with Crippen molar-refractivity contribution in [1.82, 2.24) is 0 Å². The minimum atomic E-state index is -3.18. The van der Waals surface area contributed by atoms with Crippen molar-refractivity contribution in [2.45, 2.75) is 44.8 Å². The van der Waals surface area contributed by atoms with Crippen molar-refractivity contribution in [1.29, 1.82) is 0 Å². The Morgan fingerprint density at radius 2 is 1.76 bits per heavy atom. The molecule has 1 aliphatic rings. The molecule has 1 aliphatic heterocycles. The van der Waals surface area contributed by atoms with Gasteiger partial charge in [-0.1, -0.05) is 32.9 Å². The molecule has 1 saturated heterocycles. The minimum absolute atomic E-state index is 0.00216. The smallest absolute Gasteiger partial charge is 0.259 e. The molecule has 0 aliphatic carbocycles. The summed E-state index contributed by atoms with van der Waals surface area (Å²) in [6, 6.07) is 9.52. The summed E-state index contributed by atoms with van der Waals surface area (Å²) in [6.45, 7) is 5.87. The Kier molecular flexibility index (Phi) is 6.65. The standard InChI is InChI=1S/C24H28N2O6S/c1-24(2,3)20-12-17(26-10-9-18(27)13-21(26)28)11-19(22(20)29)23(30)25-16-7-5-15(6-8-16)14-33(4,31)32/h5-8,11-12,29H,9-10,13-14H2,1-4H3,(H,25,30). The van der Waals surface area contributed by atoms with E-state index >= 15 is 0 Å². The maximum atomic E-state index is 13.1. The van der Waals surface area contributed by atoms with Crippen molar-refractivity contribution in [3.05, 3.63) is 53.1 Å². The van der Waals surface area contributed by atoms with E-state index in [0.717, 1.165) is 6.26 Å². The van der Waals surface area contributed by atoms with Crippen LogP contribution >= 0.6 is 0 Å². The van der Waals surface area contributed by atoms with Crippen molar-refractivity contribution < 1.29 is 27.9 Å². The zero-order valence-corrected chi connectivity index (χ0v) is 20.0. The largest absolute Gasteiger partial charge is 0.507 e. The number of nitrogens with one attached hydrogen (secondary N) is 1. The number of carbonyl (C=O) groups excluding carboxylic acids is 3. The van der Waals surface area contributed by atoms with Gasteiger partial charge in [0, 0.05) is 36.2 Å². The van der Waals surface area contributed by atoms with Gasteiger partial charge in [-0.05, 0) is 35.2 Å². The van der Waals surface area contributed by atoms with Crippen LogP contribution in [0.5, 0.6) is 5.75 Å². The van der Waals surface area contributed by atoms with Gasteiger partial charge in [-0.2, -0.15) is 0 Å². The van der Waals surface area contributed by atoms with Crippen molar-refractivity contribution in [2.75, 3.05) is 23.0 Å². The van der Waals surface area contributed by atoms with Gasteiger partial charge in [0.2, 0.25) is 5.91 Å². The molecule has 33 heavy (non-hydrogen) atoms. The van der Waals surface area contributed by atoms with E-state index < -0.39 is 21.2 Å². The lowest BCUT2D eigenvalue weighted by molar-refractivity contribution is -0.128. The van der Waals surface area contributed by atoms with Crippen LogP contribution in [0.25, 0.3) is 0 Å². The fourth-order valence-electron chi connectivity index (χ4n) is 3.69. The number of benzene rings is 2. The maximum Gasteiger partial charge on any atom is 0.259 e. The third-order valence-corrected chi connectivity index (χ3v) is 6.22. The summed E-state index contributed by atoms with van der Waals surface area (Å²) in [5.74, 6) is -1.33. The third-order valence-electron chi connectivity index (χ3n) is 5.36. The Labute approximate surface area is 193 Å². The minimum Gasteiger partial charge on any atom is -0.507 e. The molecule has 2 aromatic carbocycles. The maximum absolute atomic E-state index is 13.1. The molecule has 9 heteroatoms. The lowest BCUT2D eigenvalue weighted by Crippen LogP contribution is -2.39. The van der Waals surface area contributed by atoms with Crippen LogP contribution in [0.3, 0.4) is 0 Å². The summed E-state index contributed by atoms with van der Waals surface area (Å²) in [4.78, 5) is 38.6. The summed E-state index contributed by atoms with van der Waals surface area (Å²) < 4.78 is 22.9. The number of anilines is 2. The first-order valence-electron chi connectivity index (χ1n) is 10.5. The third kappa shape index (κ3) is 5.98. The molecule has 0 spiro atoms. The molecule has 1 fully saturated rings. The van der Waals surface area contributed by atoms with E-state index in [2.05, 4.69) is 5.32 Å². The predicted octanol–water partition coefficient (Wildman–Crippen LogP) is 3.18. The van der Waals surface area contributed by atoms with Gasteiger partial charge in [0.05, 0.1) is 17.7 Å². The SMILES string of the molecule is CC(C)(C)c1cc(N2CCC(=O)CC2=O)cc(C(=O)Nc2ccc(CS(C)(=O)=O)cc2)c1O. The van der Waals surface area contributed by atoms with Gasteiger partial charge >= 0.3 is 0 Å². The fraction of sp³-hybridized carbons (Fsp3) is 0.375. The van der Waals surface area contributed by atoms with Crippen LogP contribution in [0.1, 0.15) is 55.1 Å². The molecule has 8 nitrogen and oxygen atoms in total. The Morgan fingerprint density at radius 3 is 2.30 bits per heavy atom. The van der Waals surface area contributed by atoms with Crippen molar-refractivity contribution >= 4 is 38.8 Å². The molecule has 1 heterocycles. The second kappa shape index (κ2) is 8.97. The van der Waals surface area contributed by atoms with Crippen LogP contribution in [0.4, 0.5) is 11.4 Å². The predicted molar refractivity (Wildman–Crippen MR) is 126 cm³/mol. The molecule has 0 saturated carbocycles. The number of nitrogens with zero attached hydrogens (tertiary/aromatic N) is 1. The van der Waals surface area contributed by atoms with Gasteiger partial charge in [-0.15, -0.1) is 0 Å². The Bertz CT molecular complexity index is 1210. The highest BCUT2D eigenvalue weighted by Gasteiger charge is 2.30. The second-order valence-corrected chi connectivity index (χ2v) is 11.5. The summed E-state index contributed by atoms with van der Waals surface area (Å²) in [5.41, 5.74) is 1.45. The number of amides is 2. The van der Waals surface area contributed by atoms with Gasteiger partial charge in [0.1, 0.15) is 11.5 Å². The molecule has 176 valence electrons. The van der Waals surface area contributed by atoms with Crippen LogP contribution in [-0.2, 0) is 30.6 Å². The quantitative estimate of drug-likeness (QED) is 0.645. The van der Waals surface area contributed by atoms with Crippen LogP contribution in [-0.4, -0.2) is 43.9 Å². The summed E-state index contributed by atoms with van der Waals surface area (Å²) >= 11 is 0. The van der Waals surface area contributed by atoms with Crippen LogP contribution in [0, 0.1) is 0 Å². The summed E-state index contributed by atoms with van der Waals surface area (Å²) in [7, 11) is -3.18. The van der Waals surface area contributed by atoms with Crippen LogP contribution < -0.4 is 10.2 Å². The Morgan fingerprint density at radius 1 is 1.12 bits per heavy atom. The number of carbonyl (C=O) groups is 3. The second-order valence-electron chi connectivity index (χ2n) is 9.37. The van der Waals surface area contributed by atoms with Gasteiger partial charge in [0.15, 0.2) is 9.84 Å².